The summed E-state index contributed by atoms with van der Waals surface area (Å²) >= 11 is 0. The van der Waals surface area contributed by atoms with Gasteiger partial charge in [-0.1, -0.05) is 0 Å². The summed E-state index contributed by atoms with van der Waals surface area (Å²) in [5.41, 5.74) is 0.422. The van der Waals surface area contributed by atoms with Crippen LogP contribution < -0.4 is 11.0 Å². The third-order valence-electron chi connectivity index (χ3n) is 1.82. The zero-order chi connectivity index (χ0) is 11.0. The highest BCUT2D eigenvalue weighted by atomic mass is 16.2. The van der Waals surface area contributed by atoms with Crippen LogP contribution >= 0.6 is 0 Å². The van der Waals surface area contributed by atoms with Crippen LogP contribution in [0.4, 0.5) is 5.69 Å². The molecular weight excluding hydrogens is 198 g/mol. The van der Waals surface area contributed by atoms with Gasteiger partial charge >= 0.3 is 5.69 Å². The van der Waals surface area contributed by atoms with Crippen molar-refractivity contribution in [1.29, 1.82) is 0 Å². The van der Waals surface area contributed by atoms with Gasteiger partial charge in [0.2, 0.25) is 5.91 Å². The maximum Gasteiger partial charge on any atom is 0.371 e. The summed E-state index contributed by atoms with van der Waals surface area (Å²) < 4.78 is 1.10. The average Bonchev–Trinajstić information content (AvgIpc) is 2.48. The van der Waals surface area contributed by atoms with Gasteiger partial charge in [-0.25, -0.2) is 4.79 Å². The van der Waals surface area contributed by atoms with E-state index >= 15 is 0 Å². The van der Waals surface area contributed by atoms with E-state index < -0.39 is 5.69 Å². The Morgan fingerprint density at radius 1 is 1.60 bits per heavy atom. The van der Waals surface area contributed by atoms with Gasteiger partial charge in [-0.15, -0.1) is 0 Å². The monoisotopic (exact) mass is 207 g/mol. The molecule has 2 aromatic heterocycles. The van der Waals surface area contributed by atoms with E-state index in [-0.39, 0.29) is 5.91 Å². The fourth-order valence-electron chi connectivity index (χ4n) is 1.29. The van der Waals surface area contributed by atoms with E-state index in [1.54, 1.807) is 6.92 Å². The Balaban J connectivity index is 2.68. The lowest BCUT2D eigenvalue weighted by Crippen LogP contribution is -2.20. The van der Waals surface area contributed by atoms with E-state index in [0.29, 0.717) is 17.2 Å². The fourth-order valence-corrected chi connectivity index (χ4v) is 1.29. The van der Waals surface area contributed by atoms with Gasteiger partial charge in [0.15, 0.2) is 5.65 Å². The molecule has 0 aliphatic heterocycles. The molecule has 7 heteroatoms. The van der Waals surface area contributed by atoms with Crippen LogP contribution in [0.2, 0.25) is 0 Å². The third kappa shape index (κ3) is 1.58. The number of fused-ring (bicyclic) bond motifs is 1. The van der Waals surface area contributed by atoms with Gasteiger partial charge in [-0.3, -0.25) is 4.79 Å². The Kier molecular flexibility index (Phi) is 2.00. The van der Waals surface area contributed by atoms with Gasteiger partial charge in [0.1, 0.15) is 11.5 Å². The van der Waals surface area contributed by atoms with Gasteiger partial charge in [0, 0.05) is 6.92 Å². The Labute approximate surface area is 84.1 Å². The molecule has 2 rings (SSSR count). The molecule has 7 nitrogen and oxygen atoms in total. The maximum absolute atomic E-state index is 11.4. The molecule has 0 aliphatic carbocycles. The van der Waals surface area contributed by atoms with Gasteiger partial charge in [-0.2, -0.15) is 14.6 Å². The molecule has 0 saturated heterocycles. The number of rotatable bonds is 1. The molecule has 2 N–H and O–H groups in total. The lowest BCUT2D eigenvalue weighted by Gasteiger charge is -1.99. The van der Waals surface area contributed by atoms with E-state index in [1.807, 2.05) is 0 Å². The minimum absolute atomic E-state index is 0.222. The number of aryl methyl sites for hydroxylation is 1. The first kappa shape index (κ1) is 9.38. The number of hydrogen-bond acceptors (Lipinski definition) is 4. The first-order valence-corrected chi connectivity index (χ1v) is 4.30. The van der Waals surface area contributed by atoms with Crippen molar-refractivity contribution in [3.8, 4) is 0 Å². The number of carbonyl (C=O) groups is 1. The number of carbonyl (C=O) groups excluding carboxylic acids is 1. The Morgan fingerprint density at radius 3 is 3.00 bits per heavy atom. The van der Waals surface area contributed by atoms with Gasteiger partial charge in [0.05, 0.1) is 6.20 Å². The highest BCUT2D eigenvalue weighted by Gasteiger charge is 2.08. The molecule has 0 radical (unpaired) electrons. The lowest BCUT2D eigenvalue weighted by molar-refractivity contribution is -0.114. The summed E-state index contributed by atoms with van der Waals surface area (Å²) in [6, 6.07) is 0. The smallest absolute Gasteiger partial charge is 0.327 e. The molecule has 15 heavy (non-hydrogen) atoms. The topological polar surface area (TPSA) is 92.2 Å². The van der Waals surface area contributed by atoms with Crippen LogP contribution in [0.5, 0.6) is 0 Å². The van der Waals surface area contributed by atoms with Crippen LogP contribution in [0.25, 0.3) is 5.65 Å². The highest BCUT2D eigenvalue weighted by Crippen LogP contribution is 2.11. The molecule has 78 valence electrons. The zero-order valence-corrected chi connectivity index (χ0v) is 8.24. The summed E-state index contributed by atoms with van der Waals surface area (Å²) in [6.07, 6.45) is 1.40. The standard InChI is InChI=1S/C8H9N5O2/c1-4-10-7-6(12-5(2)14)3-9-13(7)8(15)11-4/h3H,1-2H3,(H,12,14)(H,10,11,15). The molecule has 0 aliphatic rings. The van der Waals surface area contributed by atoms with Crippen LogP contribution in [0.1, 0.15) is 12.7 Å². The minimum atomic E-state index is -0.474. The van der Waals surface area contributed by atoms with Crippen LogP contribution in [0.3, 0.4) is 0 Å². The molecule has 0 saturated carbocycles. The van der Waals surface area contributed by atoms with E-state index in [4.69, 9.17) is 0 Å². The maximum atomic E-state index is 11.4. The summed E-state index contributed by atoms with van der Waals surface area (Å²) in [7, 11) is 0. The highest BCUT2D eigenvalue weighted by molar-refractivity contribution is 5.92. The molecule has 2 aromatic rings. The van der Waals surface area contributed by atoms with E-state index in [9.17, 15) is 9.59 Å². The quantitative estimate of drug-likeness (QED) is 0.670. The van der Waals surface area contributed by atoms with Crippen LogP contribution in [0.15, 0.2) is 11.0 Å². The molecule has 2 heterocycles. The Bertz CT molecular complexity index is 582. The predicted octanol–water partition coefficient (Wildman–Crippen LogP) is -0.316. The normalized spacial score (nSPS) is 10.5. The largest absolute Gasteiger partial charge is 0.371 e. The summed E-state index contributed by atoms with van der Waals surface area (Å²) in [5, 5.41) is 6.37. The molecule has 0 unspecified atom stereocenters. The lowest BCUT2D eigenvalue weighted by atomic mass is 10.5. The van der Waals surface area contributed by atoms with Crippen LogP contribution in [0, 0.1) is 6.92 Å². The van der Waals surface area contributed by atoms with Crippen molar-refractivity contribution in [2.45, 2.75) is 13.8 Å². The number of amides is 1. The zero-order valence-electron chi connectivity index (χ0n) is 8.24. The molecule has 0 aromatic carbocycles. The van der Waals surface area contributed by atoms with Crippen LogP contribution in [-0.2, 0) is 4.79 Å². The molecule has 1 amide bonds. The number of aromatic amines is 1. The summed E-state index contributed by atoms with van der Waals surface area (Å²) in [5.74, 6) is 0.250. The number of aromatic nitrogens is 4. The summed E-state index contributed by atoms with van der Waals surface area (Å²) in [4.78, 5) is 28.8. The predicted molar refractivity (Wildman–Crippen MR) is 52.6 cm³/mol. The first-order valence-electron chi connectivity index (χ1n) is 4.30. The molecule has 0 atom stereocenters. The van der Waals surface area contributed by atoms with Gasteiger partial charge in [-0.05, 0) is 6.92 Å². The van der Waals surface area contributed by atoms with Gasteiger partial charge < -0.3 is 10.3 Å². The van der Waals surface area contributed by atoms with Crippen molar-refractivity contribution in [1.82, 2.24) is 19.6 Å². The Hall–Kier alpha value is -2.18. The number of hydrogen-bond donors (Lipinski definition) is 2. The SMILES string of the molecule is CC(=O)Nc1cnn2c(=O)nc(C)[nH]c12. The van der Waals surface area contributed by atoms with Crippen molar-refractivity contribution in [2.75, 3.05) is 5.32 Å². The second kappa shape index (κ2) is 3.19. The van der Waals surface area contributed by atoms with Crippen molar-refractivity contribution in [3.63, 3.8) is 0 Å². The van der Waals surface area contributed by atoms with E-state index in [0.717, 1.165) is 4.52 Å². The fraction of sp³-hybridized carbons (Fsp3) is 0.250. The van der Waals surface area contributed by atoms with Crippen molar-refractivity contribution in [3.05, 3.63) is 22.5 Å². The number of H-pyrrole nitrogens is 1. The molecular formula is C8H9N5O2. The average molecular weight is 207 g/mol. The molecule has 0 spiro atoms. The van der Waals surface area contributed by atoms with Crippen molar-refractivity contribution >= 4 is 17.2 Å². The van der Waals surface area contributed by atoms with Crippen molar-refractivity contribution < 1.29 is 4.79 Å². The second-order valence-corrected chi connectivity index (χ2v) is 3.10. The van der Waals surface area contributed by atoms with E-state index in [1.165, 1.54) is 13.1 Å². The van der Waals surface area contributed by atoms with E-state index in [2.05, 4.69) is 20.4 Å². The second-order valence-electron chi connectivity index (χ2n) is 3.10. The van der Waals surface area contributed by atoms with Gasteiger partial charge in [0.25, 0.3) is 0 Å². The molecule has 0 bridgehead atoms. The Morgan fingerprint density at radius 2 is 2.33 bits per heavy atom. The van der Waals surface area contributed by atoms with Crippen molar-refractivity contribution in [2.24, 2.45) is 0 Å². The van der Waals surface area contributed by atoms with Crippen LogP contribution in [-0.4, -0.2) is 25.5 Å². The molecule has 0 fully saturated rings. The first-order chi connectivity index (χ1) is 7.08. The minimum Gasteiger partial charge on any atom is -0.327 e. The third-order valence-corrected chi connectivity index (χ3v) is 1.82. The number of nitrogens with one attached hydrogen (secondary N) is 2. The summed E-state index contributed by atoms with van der Waals surface area (Å²) in [6.45, 7) is 3.04. The number of nitrogens with zero attached hydrogens (tertiary/aromatic N) is 3. The number of anilines is 1.